The van der Waals surface area contributed by atoms with E-state index in [1.807, 2.05) is 13.1 Å². The van der Waals surface area contributed by atoms with E-state index in [4.69, 9.17) is 4.43 Å². The van der Waals surface area contributed by atoms with E-state index in [1.54, 1.807) is 7.11 Å². The molecule has 0 rings (SSSR count). The van der Waals surface area contributed by atoms with Crippen LogP contribution in [0, 0.1) is 0 Å². The second kappa shape index (κ2) is 9.76. The average molecular weight is 391 g/mol. The molecule has 1 atom stereocenters. The Balaban J connectivity index is 4.87. The zero-order valence-electron chi connectivity index (χ0n) is 14.6. The van der Waals surface area contributed by atoms with E-state index in [0.29, 0.717) is 0 Å². The van der Waals surface area contributed by atoms with Gasteiger partial charge in [0, 0.05) is 7.11 Å². The lowest BCUT2D eigenvalue weighted by molar-refractivity contribution is -0.218. The molecule has 10 heteroatoms. The molecule has 0 aliphatic carbocycles. The van der Waals surface area contributed by atoms with Crippen LogP contribution in [0.2, 0.25) is 18.6 Å². The minimum absolute atomic E-state index is 0.0621. The third-order valence-corrected chi connectivity index (χ3v) is 8.76. The minimum atomic E-state index is -5.75. The number of nitrogens with zero attached hydrogens (tertiary/aromatic N) is 1. The van der Waals surface area contributed by atoms with Crippen molar-refractivity contribution < 1.29 is 31.1 Å². The Kier molecular flexibility index (Phi) is 9.51. The van der Waals surface area contributed by atoms with Gasteiger partial charge in [-0.15, -0.1) is 0 Å². The Morgan fingerprint density at radius 2 is 1.79 bits per heavy atom. The van der Waals surface area contributed by atoms with Crippen molar-refractivity contribution in [2.75, 3.05) is 7.11 Å². The Labute approximate surface area is 143 Å². The number of hydrogen-bond donors (Lipinski definition) is 0. The molecule has 1 unspecified atom stereocenters. The van der Waals surface area contributed by atoms with Gasteiger partial charge in [0.25, 0.3) is 0 Å². The van der Waals surface area contributed by atoms with Gasteiger partial charge in [0.2, 0.25) is 0 Å². The van der Waals surface area contributed by atoms with E-state index in [1.165, 1.54) is 0 Å². The average Bonchev–Trinajstić information content (AvgIpc) is 2.44. The molecule has 0 amide bonds. The van der Waals surface area contributed by atoms with E-state index >= 15 is 0 Å². The monoisotopic (exact) mass is 390 g/mol. The molecule has 0 saturated heterocycles. The molecule has 0 aromatic heterocycles. The van der Waals surface area contributed by atoms with Crippen LogP contribution in [0.1, 0.15) is 51.9 Å². The Morgan fingerprint density at radius 3 is 2.25 bits per heavy atom. The van der Waals surface area contributed by atoms with E-state index in [-0.39, 0.29) is 18.4 Å². The van der Waals surface area contributed by atoms with Crippen LogP contribution in [-0.4, -0.2) is 35.3 Å². The smallest absolute Gasteiger partial charge is 0.518 e. The van der Waals surface area contributed by atoms with Crippen LogP contribution in [0.4, 0.5) is 13.2 Å². The van der Waals surface area contributed by atoms with E-state index in [9.17, 15) is 26.7 Å². The first kappa shape index (κ1) is 23.4. The number of hydrogen-bond acceptors (Lipinski definition) is 4. The minimum Gasteiger partial charge on any atom is -0.861 e. The van der Waals surface area contributed by atoms with Crippen molar-refractivity contribution in [1.82, 2.24) is 0 Å². The molecule has 0 saturated carbocycles. The molecular formula is C14H27F3NO4SSi-. The van der Waals surface area contributed by atoms with Gasteiger partial charge in [0.1, 0.15) is 0 Å². The highest BCUT2D eigenvalue weighted by Gasteiger charge is 2.45. The number of halogens is 3. The summed E-state index contributed by atoms with van der Waals surface area (Å²) in [4.78, 5) is 0. The SMILES string of the molecule is CCCCCCC(CC/C([O-])=N\S(=O)(=O)C(F)(F)F)[Si](C)(C)OC. The predicted octanol–water partition coefficient (Wildman–Crippen LogP) is 3.57. The first-order valence-electron chi connectivity index (χ1n) is 7.99. The van der Waals surface area contributed by atoms with Gasteiger partial charge in [-0.1, -0.05) is 39.0 Å². The van der Waals surface area contributed by atoms with E-state index < -0.39 is 29.7 Å². The molecule has 0 aliphatic heterocycles. The lowest BCUT2D eigenvalue weighted by Crippen LogP contribution is -2.36. The summed E-state index contributed by atoms with van der Waals surface area (Å²) in [6.45, 7) is 6.05. The normalized spacial score (nSPS) is 15.5. The van der Waals surface area contributed by atoms with Crippen molar-refractivity contribution in [3.8, 4) is 0 Å². The van der Waals surface area contributed by atoms with Crippen molar-refractivity contribution >= 4 is 24.2 Å². The summed E-state index contributed by atoms with van der Waals surface area (Å²) in [6, 6.07) is 0. The molecule has 0 aromatic rings. The number of sulfonamides is 1. The topological polar surface area (TPSA) is 78.8 Å². The largest absolute Gasteiger partial charge is 0.861 e. The summed E-state index contributed by atoms with van der Waals surface area (Å²) >= 11 is 0. The molecule has 144 valence electrons. The Morgan fingerprint density at radius 1 is 1.21 bits per heavy atom. The van der Waals surface area contributed by atoms with Crippen molar-refractivity contribution in [1.29, 1.82) is 0 Å². The molecule has 24 heavy (non-hydrogen) atoms. The summed E-state index contributed by atoms with van der Waals surface area (Å²) in [6.07, 6.45) is 4.95. The second-order valence-electron chi connectivity index (χ2n) is 6.30. The van der Waals surface area contributed by atoms with Crippen molar-refractivity contribution in [3.63, 3.8) is 0 Å². The molecule has 0 aromatic carbocycles. The molecule has 0 heterocycles. The Bertz CT molecular complexity index is 507. The molecule has 0 aliphatic rings. The second-order valence-corrected chi connectivity index (χ2v) is 12.3. The van der Waals surface area contributed by atoms with Crippen molar-refractivity contribution in [3.05, 3.63) is 0 Å². The predicted molar refractivity (Wildman–Crippen MR) is 88.6 cm³/mol. The van der Waals surface area contributed by atoms with Gasteiger partial charge in [0.15, 0.2) is 8.32 Å². The summed E-state index contributed by atoms with van der Waals surface area (Å²) in [5.74, 6) is -1.26. The summed E-state index contributed by atoms with van der Waals surface area (Å²) in [7, 11) is -6.26. The van der Waals surface area contributed by atoms with Gasteiger partial charge in [-0.05, 0) is 37.4 Å². The van der Waals surface area contributed by atoms with Crippen LogP contribution >= 0.6 is 0 Å². The van der Waals surface area contributed by atoms with Gasteiger partial charge < -0.3 is 9.53 Å². The standard InChI is InChI=1S/C14H28F3NO4SSi/c1-5-6-7-8-9-12(24(3,4)22-2)10-11-13(19)18-23(20,21)14(15,16)17/h12H,5-11H2,1-4H3,(H,18,19)/p-1. The summed E-state index contributed by atoms with van der Waals surface area (Å²) in [5.41, 5.74) is -5.48. The fourth-order valence-corrected chi connectivity index (χ4v) is 4.89. The van der Waals surface area contributed by atoms with Gasteiger partial charge in [0.05, 0.1) is 0 Å². The molecule has 0 spiro atoms. The van der Waals surface area contributed by atoms with Gasteiger partial charge in [-0.3, -0.25) is 0 Å². The first-order valence-corrected chi connectivity index (χ1v) is 12.4. The maximum atomic E-state index is 12.2. The third kappa shape index (κ3) is 7.97. The molecule has 0 bridgehead atoms. The highest BCUT2D eigenvalue weighted by Crippen LogP contribution is 2.33. The third-order valence-electron chi connectivity index (χ3n) is 4.14. The Hall–Kier alpha value is -0.613. The molecular weight excluding hydrogens is 363 g/mol. The maximum Gasteiger partial charge on any atom is 0.518 e. The fraction of sp³-hybridized carbons (Fsp3) is 0.929. The highest BCUT2D eigenvalue weighted by atomic mass is 32.2. The quantitative estimate of drug-likeness (QED) is 0.234. The molecule has 0 fully saturated rings. The van der Waals surface area contributed by atoms with Crippen molar-refractivity contribution in [2.24, 2.45) is 4.40 Å². The first-order chi connectivity index (χ1) is 10.9. The van der Waals surface area contributed by atoms with Crippen LogP contribution in [0.3, 0.4) is 0 Å². The van der Waals surface area contributed by atoms with E-state index in [0.717, 1.165) is 32.1 Å². The van der Waals surface area contributed by atoms with Crippen LogP contribution in [-0.2, 0) is 14.4 Å². The van der Waals surface area contributed by atoms with Crippen LogP contribution < -0.4 is 5.11 Å². The molecule has 0 N–H and O–H groups in total. The van der Waals surface area contributed by atoms with Crippen LogP contribution in [0.15, 0.2) is 4.40 Å². The van der Waals surface area contributed by atoms with Gasteiger partial charge >= 0.3 is 15.5 Å². The number of unbranched alkanes of at least 4 members (excludes halogenated alkanes) is 3. The zero-order valence-corrected chi connectivity index (χ0v) is 16.5. The number of alkyl halides is 3. The summed E-state index contributed by atoms with van der Waals surface area (Å²) < 4.78 is 66.3. The maximum absolute atomic E-state index is 12.2. The van der Waals surface area contributed by atoms with E-state index in [2.05, 4.69) is 11.3 Å². The lowest BCUT2D eigenvalue weighted by atomic mass is 10.1. The summed E-state index contributed by atoms with van der Waals surface area (Å²) in [5, 5.41) is 11.5. The zero-order chi connectivity index (χ0) is 19.0. The number of rotatable bonds is 11. The molecule has 0 radical (unpaired) electrons. The lowest BCUT2D eigenvalue weighted by Gasteiger charge is -2.31. The fourth-order valence-electron chi connectivity index (χ4n) is 2.35. The molecule has 5 nitrogen and oxygen atoms in total. The highest BCUT2D eigenvalue weighted by molar-refractivity contribution is 7.91. The van der Waals surface area contributed by atoms with Crippen LogP contribution in [0.5, 0.6) is 0 Å². The van der Waals surface area contributed by atoms with Gasteiger partial charge in [-0.25, -0.2) is 0 Å². The van der Waals surface area contributed by atoms with Crippen LogP contribution in [0.25, 0.3) is 0 Å². The van der Waals surface area contributed by atoms with Crippen molar-refractivity contribution in [2.45, 2.75) is 76.0 Å². The van der Waals surface area contributed by atoms with Gasteiger partial charge in [-0.2, -0.15) is 26.0 Å².